The molecule has 0 bridgehead atoms. The van der Waals surface area contributed by atoms with Gasteiger partial charge in [-0.15, -0.1) is 0 Å². The van der Waals surface area contributed by atoms with E-state index in [1.165, 1.54) is 0 Å². The minimum atomic E-state index is -1.51. The molecular weight excluding hydrogens is 168 g/mol. The number of ether oxygens (including phenoxy) is 1. The highest BCUT2D eigenvalue weighted by atomic mass is 16.6. The van der Waals surface area contributed by atoms with Gasteiger partial charge in [-0.3, -0.25) is 0 Å². The molecule has 5 N–H and O–H groups in total. The van der Waals surface area contributed by atoms with Crippen LogP contribution < -0.4 is 0 Å². The van der Waals surface area contributed by atoms with Crippen molar-refractivity contribution in [2.75, 3.05) is 6.61 Å². The van der Waals surface area contributed by atoms with Crippen molar-refractivity contribution in [3.63, 3.8) is 0 Å². The van der Waals surface area contributed by atoms with Gasteiger partial charge >= 0.3 is 0 Å². The Balaban J connectivity index is 2.58. The Morgan fingerprint density at radius 1 is 1.17 bits per heavy atom. The smallest absolute Gasteiger partial charge is 0.184 e. The molecule has 1 fully saturated rings. The van der Waals surface area contributed by atoms with Crippen LogP contribution in [0, 0.1) is 0 Å². The van der Waals surface area contributed by atoms with Gasteiger partial charge in [-0.1, -0.05) is 0 Å². The number of aliphatic hydroxyl groups is 5. The number of aliphatic hydroxyl groups excluding tert-OH is 5. The standard InChI is InChI=1S/C6H12O6/c7-1-2(8)5-3(9)4(10)6(11)12-5/h2-11H,1H2/t2-,3+,4+,5-,6?/m1/s1. The molecule has 1 unspecified atom stereocenters. The van der Waals surface area contributed by atoms with Crippen LogP contribution in [0.15, 0.2) is 0 Å². The highest BCUT2D eigenvalue weighted by Gasteiger charge is 2.44. The van der Waals surface area contributed by atoms with Gasteiger partial charge in [0, 0.05) is 0 Å². The second-order valence-corrected chi connectivity index (χ2v) is 2.72. The van der Waals surface area contributed by atoms with Gasteiger partial charge in [-0.25, -0.2) is 0 Å². The Morgan fingerprint density at radius 3 is 2.08 bits per heavy atom. The fourth-order valence-electron chi connectivity index (χ4n) is 1.11. The molecule has 12 heavy (non-hydrogen) atoms. The molecule has 0 aliphatic carbocycles. The van der Waals surface area contributed by atoms with Crippen LogP contribution in [-0.2, 0) is 4.74 Å². The van der Waals surface area contributed by atoms with Crippen molar-refractivity contribution in [3.05, 3.63) is 0 Å². The van der Waals surface area contributed by atoms with Gasteiger partial charge in [-0.2, -0.15) is 0 Å². The van der Waals surface area contributed by atoms with Crippen molar-refractivity contribution in [1.82, 2.24) is 0 Å². The van der Waals surface area contributed by atoms with E-state index in [0.29, 0.717) is 0 Å². The zero-order valence-electron chi connectivity index (χ0n) is 6.24. The summed E-state index contributed by atoms with van der Waals surface area (Å²) < 4.78 is 4.58. The highest BCUT2D eigenvalue weighted by Crippen LogP contribution is 2.21. The molecule has 0 spiro atoms. The average Bonchev–Trinajstić information content (AvgIpc) is 2.32. The van der Waals surface area contributed by atoms with Crippen LogP contribution in [0.5, 0.6) is 0 Å². The molecule has 0 amide bonds. The molecule has 0 aromatic heterocycles. The summed E-state index contributed by atoms with van der Waals surface area (Å²) in [6.45, 7) is -0.596. The Morgan fingerprint density at radius 2 is 1.75 bits per heavy atom. The van der Waals surface area contributed by atoms with E-state index in [2.05, 4.69) is 4.74 Å². The predicted octanol–water partition coefficient (Wildman–Crippen LogP) is -3.22. The molecule has 1 aliphatic heterocycles. The Kier molecular flexibility index (Phi) is 2.99. The van der Waals surface area contributed by atoms with Crippen molar-refractivity contribution in [3.8, 4) is 0 Å². The summed E-state index contributed by atoms with van der Waals surface area (Å²) in [6.07, 6.45) is -6.75. The van der Waals surface area contributed by atoms with Crippen LogP contribution in [0.3, 0.4) is 0 Å². The summed E-state index contributed by atoms with van der Waals surface area (Å²) in [4.78, 5) is 0. The van der Waals surface area contributed by atoms with E-state index in [-0.39, 0.29) is 0 Å². The third kappa shape index (κ3) is 1.58. The molecule has 0 aromatic carbocycles. The molecule has 1 aliphatic rings. The summed E-state index contributed by atoms with van der Waals surface area (Å²) in [5, 5.41) is 44.4. The van der Waals surface area contributed by atoms with E-state index in [1.54, 1.807) is 0 Å². The molecular formula is C6H12O6. The van der Waals surface area contributed by atoms with Crippen LogP contribution in [0.2, 0.25) is 0 Å². The molecule has 0 saturated carbocycles. The van der Waals surface area contributed by atoms with Crippen LogP contribution in [0.4, 0.5) is 0 Å². The normalized spacial score (nSPS) is 44.8. The first kappa shape index (κ1) is 9.85. The minimum Gasteiger partial charge on any atom is -0.394 e. The maximum absolute atomic E-state index is 9.12. The van der Waals surface area contributed by atoms with Crippen LogP contribution in [-0.4, -0.2) is 62.8 Å². The SMILES string of the molecule is OC[C@@H](O)[C@H]1OC(O)[C@@H](O)[C@@H]1O. The summed E-state index contributed by atoms with van der Waals surface area (Å²) in [5.41, 5.74) is 0. The number of hydrogen-bond donors (Lipinski definition) is 5. The second-order valence-electron chi connectivity index (χ2n) is 2.72. The molecule has 72 valence electrons. The lowest BCUT2D eigenvalue weighted by atomic mass is 10.1. The average molecular weight is 180 g/mol. The van der Waals surface area contributed by atoms with E-state index < -0.39 is 37.3 Å². The van der Waals surface area contributed by atoms with Crippen molar-refractivity contribution in [1.29, 1.82) is 0 Å². The summed E-state index contributed by atoms with van der Waals surface area (Å²) in [5.74, 6) is 0. The fourth-order valence-corrected chi connectivity index (χ4v) is 1.11. The quantitative estimate of drug-likeness (QED) is 0.306. The van der Waals surface area contributed by atoms with E-state index in [0.717, 1.165) is 0 Å². The first-order valence-corrected chi connectivity index (χ1v) is 3.56. The van der Waals surface area contributed by atoms with Crippen molar-refractivity contribution in [2.45, 2.75) is 30.7 Å². The molecule has 0 radical (unpaired) electrons. The van der Waals surface area contributed by atoms with E-state index in [4.69, 9.17) is 25.5 Å². The van der Waals surface area contributed by atoms with E-state index in [9.17, 15) is 0 Å². The topological polar surface area (TPSA) is 110 Å². The lowest BCUT2D eigenvalue weighted by molar-refractivity contribution is -0.150. The van der Waals surface area contributed by atoms with Gasteiger partial charge in [0.25, 0.3) is 0 Å². The zero-order valence-corrected chi connectivity index (χ0v) is 6.24. The maximum Gasteiger partial charge on any atom is 0.184 e. The van der Waals surface area contributed by atoms with Crippen molar-refractivity contribution >= 4 is 0 Å². The van der Waals surface area contributed by atoms with Gasteiger partial charge in [0.2, 0.25) is 0 Å². The van der Waals surface area contributed by atoms with Crippen LogP contribution in [0.25, 0.3) is 0 Å². The molecule has 1 rings (SSSR count). The third-order valence-corrected chi connectivity index (χ3v) is 1.84. The van der Waals surface area contributed by atoms with E-state index >= 15 is 0 Å². The zero-order chi connectivity index (χ0) is 9.30. The lowest BCUT2D eigenvalue weighted by Crippen LogP contribution is -2.40. The first-order valence-electron chi connectivity index (χ1n) is 3.56. The second kappa shape index (κ2) is 3.65. The Hall–Kier alpha value is -0.240. The van der Waals surface area contributed by atoms with Gasteiger partial charge in [0.05, 0.1) is 6.61 Å². The van der Waals surface area contributed by atoms with Crippen molar-refractivity contribution < 1.29 is 30.3 Å². The molecule has 6 heteroatoms. The lowest BCUT2D eigenvalue weighted by Gasteiger charge is -2.18. The van der Waals surface area contributed by atoms with Crippen LogP contribution in [0.1, 0.15) is 0 Å². The molecule has 0 aromatic rings. The first-order chi connectivity index (χ1) is 5.57. The molecule has 5 atom stereocenters. The summed E-state index contributed by atoms with van der Waals surface area (Å²) in [6, 6.07) is 0. The minimum absolute atomic E-state index is 0.596. The highest BCUT2D eigenvalue weighted by molar-refractivity contribution is 4.89. The third-order valence-electron chi connectivity index (χ3n) is 1.84. The van der Waals surface area contributed by atoms with Gasteiger partial charge < -0.3 is 30.3 Å². The Bertz CT molecular complexity index is 151. The number of hydrogen-bond acceptors (Lipinski definition) is 6. The number of rotatable bonds is 2. The Labute approximate surface area is 68.6 Å². The summed E-state index contributed by atoms with van der Waals surface area (Å²) >= 11 is 0. The van der Waals surface area contributed by atoms with Crippen LogP contribution >= 0.6 is 0 Å². The summed E-state index contributed by atoms with van der Waals surface area (Å²) in [7, 11) is 0. The predicted molar refractivity (Wildman–Crippen MR) is 36.0 cm³/mol. The van der Waals surface area contributed by atoms with Gasteiger partial charge in [-0.05, 0) is 0 Å². The maximum atomic E-state index is 9.12. The fraction of sp³-hybridized carbons (Fsp3) is 1.00. The molecule has 1 saturated heterocycles. The van der Waals surface area contributed by atoms with E-state index in [1.807, 2.05) is 0 Å². The monoisotopic (exact) mass is 180 g/mol. The molecule has 1 heterocycles. The van der Waals surface area contributed by atoms with Crippen molar-refractivity contribution in [2.24, 2.45) is 0 Å². The van der Waals surface area contributed by atoms with Gasteiger partial charge in [0.1, 0.15) is 24.4 Å². The molecule has 6 nitrogen and oxygen atoms in total. The van der Waals surface area contributed by atoms with Gasteiger partial charge in [0.15, 0.2) is 6.29 Å². The largest absolute Gasteiger partial charge is 0.394 e.